The van der Waals surface area contributed by atoms with Gasteiger partial charge in [-0.05, 0) is 48.9 Å². The highest BCUT2D eigenvalue weighted by molar-refractivity contribution is 7.89. The minimum Gasteiger partial charge on any atom is -0.392 e. The van der Waals surface area contributed by atoms with E-state index >= 15 is 0 Å². The number of rotatable bonds is 8. The van der Waals surface area contributed by atoms with Crippen LogP contribution in [0.2, 0.25) is 0 Å². The third-order valence-electron chi connectivity index (χ3n) is 3.59. The standard InChI is InChI=1S/C16H27NO3S/c1-12(2)7-5-6-8-17-21(19,20)16-10-15(11-18)13(3)9-14(16)4/h9-10,12,17-18H,5-8,11H2,1-4H3. The van der Waals surface area contributed by atoms with Crippen molar-refractivity contribution in [2.24, 2.45) is 5.92 Å². The summed E-state index contributed by atoms with van der Waals surface area (Å²) in [7, 11) is -3.50. The predicted molar refractivity (Wildman–Crippen MR) is 85.7 cm³/mol. The largest absolute Gasteiger partial charge is 0.392 e. The van der Waals surface area contributed by atoms with E-state index in [4.69, 9.17) is 0 Å². The van der Waals surface area contributed by atoms with E-state index in [1.807, 2.05) is 6.92 Å². The summed E-state index contributed by atoms with van der Waals surface area (Å²) < 4.78 is 27.3. The normalized spacial score (nSPS) is 12.1. The van der Waals surface area contributed by atoms with Gasteiger partial charge in [-0.1, -0.05) is 32.8 Å². The Hall–Kier alpha value is -0.910. The molecule has 1 rings (SSSR count). The van der Waals surface area contributed by atoms with Crippen LogP contribution in [0.4, 0.5) is 0 Å². The van der Waals surface area contributed by atoms with Crippen LogP contribution in [0.1, 0.15) is 49.8 Å². The van der Waals surface area contributed by atoms with Crippen LogP contribution in [0.5, 0.6) is 0 Å². The number of nitrogens with one attached hydrogen (secondary N) is 1. The van der Waals surface area contributed by atoms with Gasteiger partial charge in [-0.3, -0.25) is 0 Å². The number of hydrogen-bond donors (Lipinski definition) is 2. The third kappa shape index (κ3) is 5.41. The molecular formula is C16H27NO3S. The van der Waals surface area contributed by atoms with E-state index in [2.05, 4.69) is 18.6 Å². The Morgan fingerprint density at radius 3 is 2.38 bits per heavy atom. The highest BCUT2D eigenvalue weighted by Gasteiger charge is 2.17. The van der Waals surface area contributed by atoms with Crippen LogP contribution < -0.4 is 4.72 Å². The first-order chi connectivity index (χ1) is 9.77. The molecule has 0 fully saturated rings. The van der Waals surface area contributed by atoms with Gasteiger partial charge in [0.2, 0.25) is 10.0 Å². The van der Waals surface area contributed by atoms with Gasteiger partial charge >= 0.3 is 0 Å². The maximum atomic E-state index is 12.3. The van der Waals surface area contributed by atoms with Gasteiger partial charge in [-0.25, -0.2) is 13.1 Å². The van der Waals surface area contributed by atoms with Gasteiger partial charge in [0, 0.05) is 6.54 Å². The second-order valence-electron chi connectivity index (χ2n) is 5.99. The lowest BCUT2D eigenvalue weighted by molar-refractivity contribution is 0.280. The van der Waals surface area contributed by atoms with Crippen LogP contribution in [-0.4, -0.2) is 20.1 Å². The number of aliphatic hydroxyl groups excluding tert-OH is 1. The summed E-state index contributed by atoms with van der Waals surface area (Å²) in [6.07, 6.45) is 2.98. The van der Waals surface area contributed by atoms with Crippen molar-refractivity contribution in [2.45, 2.75) is 58.5 Å². The summed E-state index contributed by atoms with van der Waals surface area (Å²) >= 11 is 0. The lowest BCUT2D eigenvalue weighted by Gasteiger charge is -2.13. The van der Waals surface area contributed by atoms with Crippen LogP contribution in [-0.2, 0) is 16.6 Å². The number of aliphatic hydroxyl groups is 1. The molecule has 0 spiro atoms. The first-order valence-corrected chi connectivity index (χ1v) is 8.97. The third-order valence-corrected chi connectivity index (χ3v) is 5.20. The molecule has 0 amide bonds. The monoisotopic (exact) mass is 313 g/mol. The SMILES string of the molecule is Cc1cc(C)c(S(=O)(=O)NCCCCC(C)C)cc1CO. The summed E-state index contributed by atoms with van der Waals surface area (Å²) in [6, 6.07) is 3.37. The van der Waals surface area contributed by atoms with E-state index in [0.29, 0.717) is 23.6 Å². The zero-order chi connectivity index (χ0) is 16.0. The molecule has 5 heteroatoms. The van der Waals surface area contributed by atoms with Gasteiger partial charge in [-0.15, -0.1) is 0 Å². The molecule has 0 saturated carbocycles. The number of benzene rings is 1. The number of unbranched alkanes of at least 4 members (excludes halogenated alkanes) is 1. The summed E-state index contributed by atoms with van der Waals surface area (Å²) in [5.74, 6) is 0.646. The van der Waals surface area contributed by atoms with E-state index in [-0.39, 0.29) is 11.5 Å². The van der Waals surface area contributed by atoms with Gasteiger partial charge in [-0.2, -0.15) is 0 Å². The van der Waals surface area contributed by atoms with Gasteiger partial charge in [0.15, 0.2) is 0 Å². The molecule has 0 radical (unpaired) electrons. The molecule has 1 aromatic rings. The van der Waals surface area contributed by atoms with Crippen molar-refractivity contribution in [3.63, 3.8) is 0 Å². The molecule has 0 saturated heterocycles. The lowest BCUT2D eigenvalue weighted by Crippen LogP contribution is -2.25. The average Bonchev–Trinajstić information content (AvgIpc) is 2.37. The molecule has 120 valence electrons. The Morgan fingerprint density at radius 1 is 1.14 bits per heavy atom. The summed E-state index contributed by atoms with van der Waals surface area (Å²) in [4.78, 5) is 0.265. The maximum absolute atomic E-state index is 12.3. The molecule has 0 bridgehead atoms. The molecule has 2 N–H and O–H groups in total. The molecule has 0 unspecified atom stereocenters. The van der Waals surface area contributed by atoms with Crippen molar-refractivity contribution in [1.82, 2.24) is 4.72 Å². The first-order valence-electron chi connectivity index (χ1n) is 7.48. The predicted octanol–water partition coefficient (Wildman–Crippen LogP) is 2.90. The number of sulfonamides is 1. The average molecular weight is 313 g/mol. The van der Waals surface area contributed by atoms with E-state index < -0.39 is 10.0 Å². The van der Waals surface area contributed by atoms with Gasteiger partial charge < -0.3 is 5.11 Å². The Labute approximate surface area is 128 Å². The molecule has 0 atom stereocenters. The summed E-state index contributed by atoms with van der Waals surface area (Å²) in [5.41, 5.74) is 2.27. The Morgan fingerprint density at radius 2 is 1.81 bits per heavy atom. The molecule has 0 aliphatic carbocycles. The van der Waals surface area contributed by atoms with E-state index in [1.165, 1.54) is 0 Å². The second-order valence-corrected chi connectivity index (χ2v) is 7.73. The minimum absolute atomic E-state index is 0.150. The Kier molecular flexibility index (Phi) is 6.84. The zero-order valence-electron chi connectivity index (χ0n) is 13.4. The molecule has 0 heterocycles. The molecule has 0 aliphatic heterocycles. The van der Waals surface area contributed by atoms with Crippen molar-refractivity contribution in [1.29, 1.82) is 0 Å². The molecule has 21 heavy (non-hydrogen) atoms. The summed E-state index contributed by atoms with van der Waals surface area (Å²) in [6.45, 7) is 8.28. The van der Waals surface area contributed by atoms with Crippen molar-refractivity contribution in [3.8, 4) is 0 Å². The highest BCUT2D eigenvalue weighted by atomic mass is 32.2. The van der Waals surface area contributed by atoms with Gasteiger partial charge in [0.1, 0.15) is 0 Å². The molecule has 4 nitrogen and oxygen atoms in total. The Bertz CT molecular complexity index is 565. The summed E-state index contributed by atoms with van der Waals surface area (Å²) in [5, 5.41) is 9.28. The quantitative estimate of drug-likeness (QED) is 0.725. The van der Waals surface area contributed by atoms with E-state index in [9.17, 15) is 13.5 Å². The maximum Gasteiger partial charge on any atom is 0.240 e. The Balaban J connectivity index is 2.74. The minimum atomic E-state index is -3.50. The van der Waals surface area contributed by atoms with Crippen molar-refractivity contribution in [2.75, 3.05) is 6.54 Å². The van der Waals surface area contributed by atoms with E-state index in [1.54, 1.807) is 19.1 Å². The fourth-order valence-electron chi connectivity index (χ4n) is 2.30. The van der Waals surface area contributed by atoms with Crippen LogP contribution >= 0.6 is 0 Å². The molecule has 1 aromatic carbocycles. The molecule has 0 aliphatic rings. The van der Waals surface area contributed by atoms with Gasteiger partial charge in [0.05, 0.1) is 11.5 Å². The van der Waals surface area contributed by atoms with Crippen LogP contribution in [0.3, 0.4) is 0 Å². The number of hydrogen-bond acceptors (Lipinski definition) is 3. The zero-order valence-corrected chi connectivity index (χ0v) is 14.3. The van der Waals surface area contributed by atoms with Crippen LogP contribution in [0, 0.1) is 19.8 Å². The van der Waals surface area contributed by atoms with Crippen LogP contribution in [0.15, 0.2) is 17.0 Å². The van der Waals surface area contributed by atoms with Crippen molar-refractivity contribution >= 4 is 10.0 Å². The van der Waals surface area contributed by atoms with Gasteiger partial charge in [0.25, 0.3) is 0 Å². The topological polar surface area (TPSA) is 66.4 Å². The molecule has 0 aromatic heterocycles. The van der Waals surface area contributed by atoms with E-state index in [0.717, 1.165) is 24.8 Å². The number of aryl methyl sites for hydroxylation is 2. The fourth-order valence-corrected chi connectivity index (χ4v) is 3.65. The lowest BCUT2D eigenvalue weighted by atomic mass is 10.1. The smallest absolute Gasteiger partial charge is 0.240 e. The van der Waals surface area contributed by atoms with Crippen molar-refractivity contribution < 1.29 is 13.5 Å². The highest BCUT2D eigenvalue weighted by Crippen LogP contribution is 2.20. The fraction of sp³-hybridized carbons (Fsp3) is 0.625. The molecular weight excluding hydrogens is 286 g/mol. The van der Waals surface area contributed by atoms with Crippen LogP contribution in [0.25, 0.3) is 0 Å². The second kappa shape index (κ2) is 7.92. The van der Waals surface area contributed by atoms with Crippen molar-refractivity contribution in [3.05, 3.63) is 28.8 Å². The first kappa shape index (κ1) is 18.1.